The summed E-state index contributed by atoms with van der Waals surface area (Å²) in [6.07, 6.45) is 0. The summed E-state index contributed by atoms with van der Waals surface area (Å²) in [5.41, 5.74) is 4.93. The third-order valence-corrected chi connectivity index (χ3v) is 7.00. The van der Waals surface area contributed by atoms with Crippen LogP contribution in [0.5, 0.6) is 0 Å². The lowest BCUT2D eigenvalue weighted by atomic mass is 10.0. The van der Waals surface area contributed by atoms with Gasteiger partial charge < -0.3 is 5.32 Å². The SMILES string of the molecule is Cc1ccc(-n2c(S[C@H](C)C(=O)Nc3ccccc3-c3ccccc3)nnc2-c2ccccc2F)cc1. The first-order chi connectivity index (χ1) is 18.0. The van der Waals surface area contributed by atoms with Crippen molar-refractivity contribution in [2.24, 2.45) is 0 Å². The maximum absolute atomic E-state index is 14.7. The number of nitrogens with one attached hydrogen (secondary N) is 1. The second kappa shape index (κ2) is 10.8. The van der Waals surface area contributed by atoms with Gasteiger partial charge in [0.2, 0.25) is 5.91 Å². The number of thioether (sulfide) groups is 1. The Kier molecular flexibility index (Phi) is 7.14. The Labute approximate surface area is 219 Å². The number of hydrogen-bond acceptors (Lipinski definition) is 4. The number of rotatable bonds is 7. The molecule has 1 amide bonds. The minimum atomic E-state index is -0.495. The monoisotopic (exact) mass is 508 g/mol. The van der Waals surface area contributed by atoms with Crippen LogP contribution >= 0.6 is 11.8 Å². The zero-order chi connectivity index (χ0) is 25.8. The lowest BCUT2D eigenvalue weighted by molar-refractivity contribution is -0.115. The molecule has 0 aliphatic heterocycles. The summed E-state index contributed by atoms with van der Waals surface area (Å²) in [7, 11) is 0. The fraction of sp³-hybridized carbons (Fsp3) is 0.100. The summed E-state index contributed by atoms with van der Waals surface area (Å²) in [5.74, 6) is -0.172. The van der Waals surface area contributed by atoms with Crippen molar-refractivity contribution in [2.45, 2.75) is 24.3 Å². The predicted octanol–water partition coefficient (Wildman–Crippen LogP) is 7.17. The van der Waals surface area contributed by atoms with Gasteiger partial charge in [0.05, 0.1) is 10.8 Å². The van der Waals surface area contributed by atoms with Crippen LogP contribution in [0.15, 0.2) is 108 Å². The Morgan fingerprint density at radius 1 is 0.838 bits per heavy atom. The van der Waals surface area contributed by atoms with Gasteiger partial charge in [0.15, 0.2) is 11.0 Å². The highest BCUT2D eigenvalue weighted by Crippen LogP contribution is 2.33. The van der Waals surface area contributed by atoms with Crippen LogP contribution in [-0.4, -0.2) is 25.9 Å². The normalized spacial score (nSPS) is 11.8. The average molecular weight is 509 g/mol. The highest BCUT2D eigenvalue weighted by atomic mass is 32.2. The van der Waals surface area contributed by atoms with E-state index in [0.29, 0.717) is 16.5 Å². The molecule has 1 N–H and O–H groups in total. The van der Waals surface area contributed by atoms with Crippen LogP contribution in [0.25, 0.3) is 28.2 Å². The van der Waals surface area contributed by atoms with Crippen LogP contribution in [0.4, 0.5) is 10.1 Å². The van der Waals surface area contributed by atoms with Gasteiger partial charge in [0, 0.05) is 16.9 Å². The molecule has 1 atom stereocenters. The average Bonchev–Trinajstić information content (AvgIpc) is 3.33. The van der Waals surface area contributed by atoms with E-state index in [0.717, 1.165) is 28.1 Å². The molecule has 0 saturated heterocycles. The number of halogens is 1. The molecule has 1 aromatic heterocycles. The fourth-order valence-electron chi connectivity index (χ4n) is 4.00. The Morgan fingerprint density at radius 2 is 1.49 bits per heavy atom. The Hall–Kier alpha value is -4.23. The standard InChI is InChI=1S/C30H25FN4OS/c1-20-16-18-23(19-17-20)35-28(25-13-6-8-14-26(25)31)33-34-30(35)37-21(2)29(36)32-27-15-9-7-12-24(27)22-10-4-3-5-11-22/h3-19,21H,1-2H3,(H,32,36)/t21-/m1/s1. The van der Waals surface area contributed by atoms with E-state index < -0.39 is 5.25 Å². The molecule has 1 heterocycles. The second-order valence-electron chi connectivity index (χ2n) is 8.62. The van der Waals surface area contributed by atoms with E-state index in [4.69, 9.17) is 0 Å². The number of carbonyl (C=O) groups is 1. The molecule has 0 bridgehead atoms. The van der Waals surface area contributed by atoms with E-state index in [1.807, 2.05) is 92.7 Å². The second-order valence-corrected chi connectivity index (χ2v) is 9.93. The van der Waals surface area contributed by atoms with Crippen molar-refractivity contribution in [3.8, 4) is 28.2 Å². The van der Waals surface area contributed by atoms with Crippen LogP contribution in [0, 0.1) is 12.7 Å². The van der Waals surface area contributed by atoms with E-state index in [1.54, 1.807) is 22.8 Å². The van der Waals surface area contributed by atoms with Crippen molar-refractivity contribution < 1.29 is 9.18 Å². The van der Waals surface area contributed by atoms with Crippen molar-refractivity contribution in [3.63, 3.8) is 0 Å². The number of anilines is 1. The topological polar surface area (TPSA) is 59.8 Å². The molecule has 0 aliphatic carbocycles. The summed E-state index contributed by atoms with van der Waals surface area (Å²) in [4.78, 5) is 13.3. The van der Waals surface area contributed by atoms with Crippen molar-refractivity contribution >= 4 is 23.4 Å². The largest absolute Gasteiger partial charge is 0.325 e. The highest BCUT2D eigenvalue weighted by molar-refractivity contribution is 8.00. The molecular formula is C30H25FN4OS. The van der Waals surface area contributed by atoms with Gasteiger partial charge in [0.1, 0.15) is 5.82 Å². The molecule has 0 spiro atoms. The first-order valence-corrected chi connectivity index (χ1v) is 12.8. The minimum absolute atomic E-state index is 0.167. The maximum atomic E-state index is 14.7. The van der Waals surface area contributed by atoms with E-state index in [9.17, 15) is 9.18 Å². The molecule has 5 rings (SSSR count). The number of hydrogen-bond donors (Lipinski definition) is 1. The van der Waals surface area contributed by atoms with Gasteiger partial charge in [-0.2, -0.15) is 0 Å². The van der Waals surface area contributed by atoms with Gasteiger partial charge in [-0.3, -0.25) is 9.36 Å². The van der Waals surface area contributed by atoms with Crippen LogP contribution in [0.1, 0.15) is 12.5 Å². The molecule has 5 nitrogen and oxygen atoms in total. The number of nitrogens with zero attached hydrogens (tertiary/aromatic N) is 3. The van der Waals surface area contributed by atoms with Gasteiger partial charge in [0.25, 0.3) is 0 Å². The Morgan fingerprint density at radius 3 is 2.22 bits per heavy atom. The Balaban J connectivity index is 1.45. The van der Waals surface area contributed by atoms with Gasteiger partial charge in [-0.15, -0.1) is 10.2 Å². The van der Waals surface area contributed by atoms with Crippen LogP contribution in [0.2, 0.25) is 0 Å². The van der Waals surface area contributed by atoms with Crippen molar-refractivity contribution in [2.75, 3.05) is 5.32 Å². The fourth-order valence-corrected chi connectivity index (χ4v) is 4.86. The number of benzene rings is 4. The van der Waals surface area contributed by atoms with Crippen molar-refractivity contribution in [3.05, 3.63) is 115 Å². The van der Waals surface area contributed by atoms with E-state index in [2.05, 4.69) is 15.5 Å². The molecule has 37 heavy (non-hydrogen) atoms. The first-order valence-electron chi connectivity index (χ1n) is 11.9. The van der Waals surface area contributed by atoms with Crippen molar-refractivity contribution in [1.82, 2.24) is 14.8 Å². The molecule has 0 radical (unpaired) electrons. The van der Waals surface area contributed by atoms with E-state index >= 15 is 0 Å². The number of aromatic nitrogens is 3. The number of aryl methyl sites for hydroxylation is 1. The van der Waals surface area contributed by atoms with E-state index in [1.165, 1.54) is 17.8 Å². The number of amides is 1. The molecule has 4 aromatic carbocycles. The number of carbonyl (C=O) groups excluding carboxylic acids is 1. The molecule has 0 saturated carbocycles. The molecule has 7 heteroatoms. The zero-order valence-corrected chi connectivity index (χ0v) is 21.2. The highest BCUT2D eigenvalue weighted by Gasteiger charge is 2.23. The van der Waals surface area contributed by atoms with Crippen LogP contribution in [0.3, 0.4) is 0 Å². The number of para-hydroxylation sites is 1. The lowest BCUT2D eigenvalue weighted by Gasteiger charge is -2.16. The Bertz CT molecular complexity index is 1530. The van der Waals surface area contributed by atoms with Gasteiger partial charge in [-0.25, -0.2) is 4.39 Å². The van der Waals surface area contributed by atoms with E-state index in [-0.39, 0.29) is 11.7 Å². The summed E-state index contributed by atoms with van der Waals surface area (Å²) in [6.45, 7) is 3.82. The summed E-state index contributed by atoms with van der Waals surface area (Å²) in [6, 6.07) is 32.0. The molecule has 184 valence electrons. The van der Waals surface area contributed by atoms with Crippen molar-refractivity contribution in [1.29, 1.82) is 0 Å². The van der Waals surface area contributed by atoms with Gasteiger partial charge >= 0.3 is 0 Å². The summed E-state index contributed by atoms with van der Waals surface area (Å²) >= 11 is 1.27. The molecule has 0 fully saturated rings. The zero-order valence-electron chi connectivity index (χ0n) is 20.4. The third kappa shape index (κ3) is 5.32. The van der Waals surface area contributed by atoms with Gasteiger partial charge in [-0.1, -0.05) is 90.1 Å². The quantitative estimate of drug-likeness (QED) is 0.237. The maximum Gasteiger partial charge on any atom is 0.237 e. The first kappa shape index (κ1) is 24.5. The van der Waals surface area contributed by atoms with Gasteiger partial charge in [-0.05, 0) is 49.7 Å². The summed E-state index contributed by atoms with van der Waals surface area (Å²) in [5, 5.41) is 11.7. The molecule has 0 unspecified atom stereocenters. The van der Waals surface area contributed by atoms with Crippen LogP contribution < -0.4 is 5.32 Å². The third-order valence-electron chi connectivity index (χ3n) is 5.96. The summed E-state index contributed by atoms with van der Waals surface area (Å²) < 4.78 is 16.5. The lowest BCUT2D eigenvalue weighted by Crippen LogP contribution is -2.23. The smallest absolute Gasteiger partial charge is 0.237 e. The minimum Gasteiger partial charge on any atom is -0.325 e. The molecule has 0 aliphatic rings. The molecule has 5 aromatic rings. The molecular weight excluding hydrogens is 483 g/mol. The van der Waals surface area contributed by atoms with Crippen LogP contribution in [-0.2, 0) is 4.79 Å². The predicted molar refractivity (Wildman–Crippen MR) is 147 cm³/mol.